The van der Waals surface area contributed by atoms with Crippen molar-refractivity contribution in [1.29, 1.82) is 0 Å². The highest BCUT2D eigenvalue weighted by Crippen LogP contribution is 2.26. The summed E-state index contributed by atoms with van der Waals surface area (Å²) < 4.78 is 2.31. The molecule has 0 bridgehead atoms. The summed E-state index contributed by atoms with van der Waals surface area (Å²) in [5.41, 5.74) is 3.12. The van der Waals surface area contributed by atoms with E-state index in [1.807, 2.05) is 68.1 Å². The zero-order valence-electron chi connectivity index (χ0n) is 17.2. The van der Waals surface area contributed by atoms with Crippen molar-refractivity contribution in [2.45, 2.75) is 33.9 Å². The van der Waals surface area contributed by atoms with E-state index in [4.69, 9.17) is 0 Å². The van der Waals surface area contributed by atoms with Crippen LogP contribution in [0.4, 0.5) is 17.3 Å². The number of fused-ring (bicyclic) bond motifs is 1. The first-order valence-electron chi connectivity index (χ1n) is 9.77. The summed E-state index contributed by atoms with van der Waals surface area (Å²) in [6.07, 6.45) is 0. The summed E-state index contributed by atoms with van der Waals surface area (Å²) in [5, 5.41) is 7.15. The Morgan fingerprint density at radius 1 is 0.967 bits per heavy atom. The number of amides is 1. The van der Waals surface area contributed by atoms with E-state index in [-0.39, 0.29) is 6.54 Å². The van der Waals surface area contributed by atoms with Gasteiger partial charge in [0.15, 0.2) is 0 Å². The van der Waals surface area contributed by atoms with Crippen LogP contribution in [0.25, 0.3) is 0 Å². The highest BCUT2D eigenvalue weighted by atomic mass is 16.2. The molecule has 1 N–H and O–H groups in total. The number of rotatable bonds is 4. The first-order chi connectivity index (χ1) is 14.3. The summed E-state index contributed by atoms with van der Waals surface area (Å²) in [6, 6.07) is 13.6. The molecule has 154 valence electrons. The minimum Gasteiger partial charge on any atom is -0.324 e. The fourth-order valence-electron chi connectivity index (χ4n) is 3.50. The Morgan fingerprint density at radius 3 is 2.40 bits per heavy atom. The molecule has 0 atom stereocenters. The van der Waals surface area contributed by atoms with E-state index in [1.165, 1.54) is 4.57 Å². The second-order valence-corrected chi connectivity index (χ2v) is 7.57. The van der Waals surface area contributed by atoms with E-state index in [9.17, 15) is 14.4 Å². The van der Waals surface area contributed by atoms with Crippen LogP contribution in [0.2, 0.25) is 0 Å². The molecule has 1 aliphatic rings. The molecule has 0 aliphatic carbocycles. The zero-order valence-corrected chi connectivity index (χ0v) is 17.2. The van der Waals surface area contributed by atoms with Crippen LogP contribution < -0.4 is 21.3 Å². The molecule has 4 rings (SSSR count). The van der Waals surface area contributed by atoms with Gasteiger partial charge in [-0.15, -0.1) is 5.10 Å². The van der Waals surface area contributed by atoms with Gasteiger partial charge >= 0.3 is 11.1 Å². The molecule has 1 amide bonds. The summed E-state index contributed by atoms with van der Waals surface area (Å²) in [7, 11) is 0. The second kappa shape index (κ2) is 7.62. The highest BCUT2D eigenvalue weighted by molar-refractivity contribution is 5.91. The maximum absolute atomic E-state index is 12.6. The van der Waals surface area contributed by atoms with Crippen LogP contribution in [0.1, 0.15) is 16.7 Å². The van der Waals surface area contributed by atoms with Crippen molar-refractivity contribution in [2.75, 3.05) is 16.8 Å². The first-order valence-corrected chi connectivity index (χ1v) is 9.77. The molecule has 0 unspecified atom stereocenters. The van der Waals surface area contributed by atoms with Gasteiger partial charge in [-0.1, -0.05) is 29.8 Å². The Morgan fingerprint density at radius 2 is 1.67 bits per heavy atom. The third-order valence-corrected chi connectivity index (χ3v) is 5.21. The Hall–Kier alpha value is -3.68. The molecule has 30 heavy (non-hydrogen) atoms. The normalized spacial score (nSPS) is 12.7. The summed E-state index contributed by atoms with van der Waals surface area (Å²) in [5.74, 6) is -0.0504. The SMILES string of the molecule is Cc1ccc(N2CCn3c2nn(CC(=O)Nc2cc(C)ccc2C)c(=O)c3=O)cc1. The molecule has 3 aromatic rings. The lowest BCUT2D eigenvalue weighted by Gasteiger charge is -2.18. The summed E-state index contributed by atoms with van der Waals surface area (Å²) >= 11 is 0. The number of benzene rings is 2. The van der Waals surface area contributed by atoms with Crippen molar-refractivity contribution in [3.05, 3.63) is 79.9 Å². The van der Waals surface area contributed by atoms with E-state index in [0.29, 0.717) is 24.7 Å². The molecule has 0 radical (unpaired) electrons. The summed E-state index contributed by atoms with van der Waals surface area (Å²) in [6.45, 7) is 6.39. The van der Waals surface area contributed by atoms with E-state index in [2.05, 4.69) is 10.4 Å². The fourth-order valence-corrected chi connectivity index (χ4v) is 3.50. The largest absolute Gasteiger partial charge is 0.333 e. The van der Waals surface area contributed by atoms with Gasteiger partial charge in [-0.25, -0.2) is 4.68 Å². The van der Waals surface area contributed by atoms with Crippen molar-refractivity contribution in [3.8, 4) is 0 Å². The van der Waals surface area contributed by atoms with Crippen molar-refractivity contribution in [1.82, 2.24) is 14.3 Å². The van der Waals surface area contributed by atoms with E-state index in [1.54, 1.807) is 0 Å². The minimum atomic E-state index is -0.805. The van der Waals surface area contributed by atoms with Crippen LogP contribution >= 0.6 is 0 Å². The van der Waals surface area contributed by atoms with Crippen LogP contribution in [0.3, 0.4) is 0 Å². The zero-order chi connectivity index (χ0) is 21.4. The lowest BCUT2D eigenvalue weighted by atomic mass is 10.1. The molecule has 0 spiro atoms. The minimum absolute atomic E-state index is 0.336. The molecular weight excluding hydrogens is 382 g/mol. The van der Waals surface area contributed by atoms with Gasteiger partial charge in [-0.3, -0.25) is 19.0 Å². The first kappa shape index (κ1) is 19.6. The highest BCUT2D eigenvalue weighted by Gasteiger charge is 2.26. The molecular formula is C22H23N5O3. The second-order valence-electron chi connectivity index (χ2n) is 7.57. The van der Waals surface area contributed by atoms with E-state index >= 15 is 0 Å². The molecule has 8 heteroatoms. The number of carbonyl (C=O) groups is 1. The third kappa shape index (κ3) is 3.63. The Kier molecular flexibility index (Phi) is 4.99. The van der Waals surface area contributed by atoms with Gasteiger partial charge in [-0.05, 0) is 50.1 Å². The predicted molar refractivity (Wildman–Crippen MR) is 115 cm³/mol. The van der Waals surface area contributed by atoms with Crippen LogP contribution in [-0.2, 0) is 17.9 Å². The topological polar surface area (TPSA) is 89.2 Å². The molecule has 0 saturated carbocycles. The molecule has 0 fully saturated rings. The van der Waals surface area contributed by atoms with Gasteiger partial charge in [0.2, 0.25) is 11.9 Å². The lowest BCUT2D eigenvalue weighted by Crippen LogP contribution is -2.44. The maximum atomic E-state index is 12.6. The van der Waals surface area contributed by atoms with Gasteiger partial charge in [0.05, 0.1) is 0 Å². The number of nitrogens with one attached hydrogen (secondary N) is 1. The Balaban J connectivity index is 1.64. The summed E-state index contributed by atoms with van der Waals surface area (Å²) in [4.78, 5) is 39.5. The van der Waals surface area contributed by atoms with Gasteiger partial charge in [-0.2, -0.15) is 0 Å². The van der Waals surface area contributed by atoms with Crippen LogP contribution in [0.15, 0.2) is 52.1 Å². The molecule has 2 aromatic carbocycles. The molecule has 2 heterocycles. The molecule has 8 nitrogen and oxygen atoms in total. The maximum Gasteiger partial charge on any atom is 0.333 e. The number of aryl methyl sites for hydroxylation is 3. The van der Waals surface area contributed by atoms with Gasteiger partial charge < -0.3 is 10.2 Å². The quantitative estimate of drug-likeness (QED) is 0.672. The van der Waals surface area contributed by atoms with Crippen LogP contribution in [0, 0.1) is 20.8 Å². The number of hydrogen-bond donors (Lipinski definition) is 1. The van der Waals surface area contributed by atoms with E-state index in [0.717, 1.165) is 27.1 Å². The van der Waals surface area contributed by atoms with Crippen molar-refractivity contribution in [2.24, 2.45) is 0 Å². The number of aromatic nitrogens is 3. The number of hydrogen-bond acceptors (Lipinski definition) is 5. The number of anilines is 3. The predicted octanol–water partition coefficient (Wildman–Crippen LogP) is 2.12. The van der Waals surface area contributed by atoms with Crippen molar-refractivity contribution >= 4 is 23.2 Å². The lowest BCUT2D eigenvalue weighted by molar-refractivity contribution is -0.117. The van der Waals surface area contributed by atoms with Gasteiger partial charge in [0.1, 0.15) is 6.54 Å². The van der Waals surface area contributed by atoms with Crippen LogP contribution in [-0.4, -0.2) is 26.8 Å². The smallest absolute Gasteiger partial charge is 0.324 e. The van der Waals surface area contributed by atoms with Crippen LogP contribution in [0.5, 0.6) is 0 Å². The van der Waals surface area contributed by atoms with Gasteiger partial charge in [0.25, 0.3) is 0 Å². The third-order valence-electron chi connectivity index (χ3n) is 5.21. The number of carbonyl (C=O) groups excluding carboxylic acids is 1. The number of nitrogens with zero attached hydrogens (tertiary/aromatic N) is 4. The van der Waals surface area contributed by atoms with E-state index < -0.39 is 17.0 Å². The van der Waals surface area contributed by atoms with Crippen molar-refractivity contribution in [3.63, 3.8) is 0 Å². The standard InChI is InChI=1S/C22H23N5O3/c1-14-5-8-17(9-6-14)25-10-11-26-20(29)21(30)27(24-22(25)26)13-19(28)23-18-12-15(2)4-7-16(18)3/h4-9,12H,10-11,13H2,1-3H3,(H,23,28). The molecule has 1 aliphatic heterocycles. The Labute approximate surface area is 173 Å². The average molecular weight is 405 g/mol. The van der Waals surface area contributed by atoms with Gasteiger partial charge in [0, 0.05) is 24.5 Å². The fraction of sp³-hybridized carbons (Fsp3) is 0.273. The monoisotopic (exact) mass is 405 g/mol. The molecule has 0 saturated heterocycles. The van der Waals surface area contributed by atoms with Crippen molar-refractivity contribution < 1.29 is 4.79 Å². The Bertz CT molecular complexity index is 1240. The average Bonchev–Trinajstić information content (AvgIpc) is 3.13. The molecule has 1 aromatic heterocycles.